The van der Waals surface area contributed by atoms with E-state index in [1.807, 2.05) is 6.07 Å². The largest absolute Gasteiger partial charge is 0.416 e. The van der Waals surface area contributed by atoms with Crippen LogP contribution in [0.5, 0.6) is 0 Å². The molecule has 0 aliphatic heterocycles. The molecule has 0 unspecified atom stereocenters. The molecule has 0 spiro atoms. The quantitative estimate of drug-likeness (QED) is 0.612. The van der Waals surface area contributed by atoms with Gasteiger partial charge in [0.1, 0.15) is 11.6 Å². The fourth-order valence-corrected chi connectivity index (χ4v) is 3.62. The van der Waals surface area contributed by atoms with Gasteiger partial charge in [0, 0.05) is 11.7 Å². The highest BCUT2D eigenvalue weighted by Gasteiger charge is 2.31. The molecule has 1 aromatic carbocycles. The molecule has 7 nitrogen and oxygen atoms in total. The van der Waals surface area contributed by atoms with Crippen LogP contribution < -0.4 is 11.1 Å². The first-order valence-electron chi connectivity index (χ1n) is 9.61. The highest BCUT2D eigenvalue weighted by molar-refractivity contribution is 5.84. The lowest BCUT2D eigenvalue weighted by molar-refractivity contribution is -0.137. The maximum atomic E-state index is 12.9. The van der Waals surface area contributed by atoms with E-state index in [0.717, 1.165) is 25.0 Å². The van der Waals surface area contributed by atoms with Crippen molar-refractivity contribution >= 4 is 22.7 Å². The van der Waals surface area contributed by atoms with Crippen molar-refractivity contribution in [2.75, 3.05) is 11.1 Å². The summed E-state index contributed by atoms with van der Waals surface area (Å²) in [7, 11) is 0. The molecular weight excluding hydrogens is 395 g/mol. The summed E-state index contributed by atoms with van der Waals surface area (Å²) >= 11 is 0. The maximum absolute atomic E-state index is 12.9. The van der Waals surface area contributed by atoms with Crippen molar-refractivity contribution in [3.63, 3.8) is 0 Å². The summed E-state index contributed by atoms with van der Waals surface area (Å²) in [6, 6.07) is 5.39. The maximum Gasteiger partial charge on any atom is 0.416 e. The van der Waals surface area contributed by atoms with Crippen LogP contribution in [0.4, 0.5) is 24.7 Å². The first-order chi connectivity index (χ1) is 14.3. The first kappa shape index (κ1) is 19.9. The minimum Gasteiger partial charge on any atom is -0.398 e. The van der Waals surface area contributed by atoms with Crippen molar-refractivity contribution in [1.29, 1.82) is 5.26 Å². The zero-order chi connectivity index (χ0) is 21.5. The minimum absolute atomic E-state index is 0.00473. The Hall–Kier alpha value is -3.35. The molecule has 3 aromatic rings. The normalized spacial score (nSPS) is 15.6. The van der Waals surface area contributed by atoms with E-state index in [0.29, 0.717) is 28.5 Å². The molecule has 1 atom stereocenters. The summed E-state index contributed by atoms with van der Waals surface area (Å²) in [6.07, 6.45) is 0.537. The molecule has 10 heteroatoms. The number of benzene rings is 1. The van der Waals surface area contributed by atoms with Gasteiger partial charge in [-0.05, 0) is 43.4 Å². The Balaban J connectivity index is 1.70. The third-order valence-corrected chi connectivity index (χ3v) is 5.61. The van der Waals surface area contributed by atoms with E-state index in [1.54, 1.807) is 4.57 Å². The number of nitriles is 1. The van der Waals surface area contributed by atoms with E-state index >= 15 is 0 Å². The van der Waals surface area contributed by atoms with Crippen LogP contribution >= 0.6 is 0 Å². The molecule has 30 heavy (non-hydrogen) atoms. The third kappa shape index (κ3) is 3.75. The molecule has 3 N–H and O–H groups in total. The molecule has 1 aliphatic rings. The third-order valence-electron chi connectivity index (χ3n) is 5.61. The number of nitrogens with zero attached hydrogens (tertiary/aromatic N) is 5. The molecule has 2 aromatic heterocycles. The number of hydrogen-bond donors (Lipinski definition) is 2. The Morgan fingerprint density at radius 3 is 2.70 bits per heavy atom. The average Bonchev–Trinajstić information content (AvgIpc) is 3.04. The monoisotopic (exact) mass is 415 g/mol. The standard InChI is InChI=1S/C20H20F3N7/c1-11(12-3-2-4-12)27-19-17-18(28-16(8-24)29-19)26-10-30(17)9-13-5-6-14(7-15(13)25)20(21,22)23/h5-7,10-12H,2-4,9,25H2,1H3,(H,27,28,29)/t11-/m1/s1. The molecule has 1 aliphatic carbocycles. The Labute approximate surface area is 170 Å². The Morgan fingerprint density at radius 2 is 2.10 bits per heavy atom. The highest BCUT2D eigenvalue weighted by atomic mass is 19.4. The second kappa shape index (κ2) is 7.48. The number of fused-ring (bicyclic) bond motifs is 1. The SMILES string of the molecule is C[C@@H](Nc1nc(C#N)nc2ncn(Cc3ccc(C(F)(F)F)cc3N)c12)C1CCC1. The lowest BCUT2D eigenvalue weighted by atomic mass is 9.80. The van der Waals surface area contributed by atoms with Crippen LogP contribution in [-0.4, -0.2) is 25.6 Å². The Bertz CT molecular complexity index is 1130. The van der Waals surface area contributed by atoms with E-state index < -0.39 is 11.7 Å². The minimum atomic E-state index is -4.45. The Kier molecular flexibility index (Phi) is 4.97. The molecule has 0 radical (unpaired) electrons. The number of aromatic nitrogens is 4. The van der Waals surface area contributed by atoms with Crippen LogP contribution in [0.15, 0.2) is 24.5 Å². The van der Waals surface area contributed by atoms with Gasteiger partial charge in [0.05, 0.1) is 18.4 Å². The number of nitrogens with one attached hydrogen (secondary N) is 1. The van der Waals surface area contributed by atoms with Gasteiger partial charge in [-0.3, -0.25) is 0 Å². The van der Waals surface area contributed by atoms with E-state index in [1.165, 1.54) is 18.8 Å². The fraction of sp³-hybridized carbons (Fsp3) is 0.400. The summed E-state index contributed by atoms with van der Waals surface area (Å²) in [5, 5.41) is 12.6. The van der Waals surface area contributed by atoms with Gasteiger partial charge >= 0.3 is 6.18 Å². The topological polar surface area (TPSA) is 105 Å². The number of halogens is 3. The molecule has 1 saturated carbocycles. The molecule has 4 rings (SSSR count). The number of alkyl halides is 3. The van der Waals surface area contributed by atoms with Crippen molar-refractivity contribution in [3.05, 3.63) is 41.5 Å². The molecule has 0 amide bonds. The lowest BCUT2D eigenvalue weighted by Gasteiger charge is -2.32. The zero-order valence-electron chi connectivity index (χ0n) is 16.2. The fourth-order valence-electron chi connectivity index (χ4n) is 3.62. The van der Waals surface area contributed by atoms with Gasteiger partial charge in [-0.1, -0.05) is 12.5 Å². The predicted molar refractivity (Wildman–Crippen MR) is 105 cm³/mol. The van der Waals surface area contributed by atoms with Gasteiger partial charge in [0.25, 0.3) is 0 Å². The van der Waals surface area contributed by atoms with Gasteiger partial charge in [0.2, 0.25) is 5.82 Å². The van der Waals surface area contributed by atoms with Gasteiger partial charge < -0.3 is 15.6 Å². The number of imidazole rings is 1. The zero-order valence-corrected chi connectivity index (χ0v) is 16.2. The van der Waals surface area contributed by atoms with Crippen LogP contribution in [0.3, 0.4) is 0 Å². The molecule has 156 valence electrons. The summed E-state index contributed by atoms with van der Waals surface area (Å²) in [4.78, 5) is 12.7. The first-order valence-corrected chi connectivity index (χ1v) is 9.61. The van der Waals surface area contributed by atoms with Crippen molar-refractivity contribution in [3.8, 4) is 6.07 Å². The number of nitrogens with two attached hydrogens (primary N) is 1. The summed E-state index contributed by atoms with van der Waals surface area (Å²) < 4.78 is 40.5. The summed E-state index contributed by atoms with van der Waals surface area (Å²) in [5.41, 5.74) is 6.58. The van der Waals surface area contributed by atoms with Crippen LogP contribution in [0.2, 0.25) is 0 Å². The number of hydrogen-bond acceptors (Lipinski definition) is 6. The van der Waals surface area contributed by atoms with E-state index in [2.05, 4.69) is 27.2 Å². The molecular formula is C20H20F3N7. The summed E-state index contributed by atoms with van der Waals surface area (Å²) in [5.74, 6) is 1.02. The van der Waals surface area contributed by atoms with Crippen LogP contribution in [0.25, 0.3) is 11.2 Å². The van der Waals surface area contributed by atoms with Crippen LogP contribution in [-0.2, 0) is 12.7 Å². The lowest BCUT2D eigenvalue weighted by Crippen LogP contribution is -2.31. The summed E-state index contributed by atoms with van der Waals surface area (Å²) in [6.45, 7) is 2.26. The van der Waals surface area contributed by atoms with Gasteiger partial charge in [-0.2, -0.15) is 28.4 Å². The van der Waals surface area contributed by atoms with Gasteiger partial charge in [-0.15, -0.1) is 0 Å². The average molecular weight is 415 g/mol. The van der Waals surface area contributed by atoms with Crippen LogP contribution in [0, 0.1) is 17.2 Å². The van der Waals surface area contributed by atoms with Crippen molar-refractivity contribution in [1.82, 2.24) is 19.5 Å². The second-order valence-electron chi connectivity index (χ2n) is 7.59. The molecule has 0 saturated heterocycles. The van der Waals surface area contributed by atoms with E-state index in [-0.39, 0.29) is 24.1 Å². The van der Waals surface area contributed by atoms with Crippen molar-refractivity contribution < 1.29 is 13.2 Å². The number of nitrogen functional groups attached to an aromatic ring is 1. The predicted octanol–water partition coefficient (Wildman–Crippen LogP) is 3.95. The highest BCUT2D eigenvalue weighted by Crippen LogP contribution is 2.33. The molecule has 1 fully saturated rings. The van der Waals surface area contributed by atoms with E-state index in [4.69, 9.17) is 5.73 Å². The number of rotatable bonds is 5. The van der Waals surface area contributed by atoms with Gasteiger partial charge in [-0.25, -0.2) is 4.98 Å². The molecule has 0 bridgehead atoms. The smallest absolute Gasteiger partial charge is 0.398 e. The van der Waals surface area contributed by atoms with Gasteiger partial charge in [0.15, 0.2) is 11.5 Å². The van der Waals surface area contributed by atoms with Crippen molar-refractivity contribution in [2.24, 2.45) is 5.92 Å². The second-order valence-corrected chi connectivity index (χ2v) is 7.59. The Morgan fingerprint density at radius 1 is 1.33 bits per heavy atom. The van der Waals surface area contributed by atoms with Crippen LogP contribution in [0.1, 0.15) is 43.1 Å². The van der Waals surface area contributed by atoms with Crippen molar-refractivity contribution in [2.45, 2.75) is 44.9 Å². The number of anilines is 2. The molecule has 2 heterocycles. The van der Waals surface area contributed by atoms with E-state index in [9.17, 15) is 18.4 Å².